The van der Waals surface area contributed by atoms with Crippen LogP contribution in [0.1, 0.15) is 23.2 Å². The molecule has 1 N–H and O–H groups in total. The molecule has 1 fully saturated rings. The van der Waals surface area contributed by atoms with E-state index in [1.54, 1.807) is 22.7 Å². The van der Waals surface area contributed by atoms with Crippen LogP contribution in [-0.4, -0.2) is 38.4 Å². The van der Waals surface area contributed by atoms with Gasteiger partial charge in [0.1, 0.15) is 18.9 Å². The monoisotopic (exact) mass is 458 g/mol. The number of nitrogens with one attached hydrogen (secondary N) is 1. The molecule has 0 saturated carbocycles. The highest BCUT2D eigenvalue weighted by molar-refractivity contribution is 9.10. The van der Waals surface area contributed by atoms with E-state index in [4.69, 9.17) is 4.52 Å². The van der Waals surface area contributed by atoms with Gasteiger partial charge in [-0.1, -0.05) is 27.2 Å². The molecular formula is C18H15BrN6O2S. The van der Waals surface area contributed by atoms with E-state index in [1.807, 2.05) is 35.7 Å². The van der Waals surface area contributed by atoms with Gasteiger partial charge in [0.25, 0.3) is 5.91 Å². The molecule has 2 aliphatic heterocycles. The van der Waals surface area contributed by atoms with Crippen LogP contribution in [0, 0.1) is 0 Å². The molecule has 3 aromatic rings. The van der Waals surface area contributed by atoms with E-state index in [0.29, 0.717) is 18.1 Å². The Labute approximate surface area is 172 Å². The van der Waals surface area contributed by atoms with Crippen molar-refractivity contribution in [2.75, 3.05) is 0 Å². The molecule has 8 nitrogen and oxygen atoms in total. The Morgan fingerprint density at radius 2 is 2.14 bits per heavy atom. The molecule has 4 heterocycles. The Morgan fingerprint density at radius 3 is 2.93 bits per heavy atom. The van der Waals surface area contributed by atoms with Crippen molar-refractivity contribution in [2.24, 2.45) is 5.10 Å². The highest BCUT2D eigenvalue weighted by Gasteiger charge is 2.41. The van der Waals surface area contributed by atoms with E-state index in [2.05, 4.69) is 42.7 Å². The second-order valence-corrected chi connectivity index (χ2v) is 8.40. The second-order valence-electron chi connectivity index (χ2n) is 6.50. The third-order valence-corrected chi connectivity index (χ3v) is 6.21. The van der Waals surface area contributed by atoms with Crippen molar-refractivity contribution in [3.05, 3.63) is 57.0 Å². The third kappa shape index (κ3) is 3.23. The minimum absolute atomic E-state index is 0.0857. The van der Waals surface area contributed by atoms with Gasteiger partial charge in [-0.15, -0.1) is 11.3 Å². The summed E-state index contributed by atoms with van der Waals surface area (Å²) in [6, 6.07) is 11.5. The number of carbonyl (C=O) groups excluding carboxylic acids is 1. The zero-order valence-corrected chi connectivity index (χ0v) is 16.9. The van der Waals surface area contributed by atoms with Crippen LogP contribution < -0.4 is 5.43 Å². The summed E-state index contributed by atoms with van der Waals surface area (Å²) in [5, 5.41) is 13.5. The third-order valence-electron chi connectivity index (χ3n) is 4.70. The number of carbonyl (C=O) groups is 1. The Kier molecular flexibility index (Phi) is 4.46. The Hall–Kier alpha value is -2.56. The molecule has 5 rings (SSSR count). The molecule has 2 aromatic heterocycles. The highest BCUT2D eigenvalue weighted by Crippen LogP contribution is 2.32. The number of amides is 1. The van der Waals surface area contributed by atoms with Crippen molar-refractivity contribution in [3.8, 4) is 11.4 Å². The number of aromatic nitrogens is 2. The fourth-order valence-corrected chi connectivity index (χ4v) is 4.34. The first kappa shape index (κ1) is 17.5. The second kappa shape index (κ2) is 7.12. The van der Waals surface area contributed by atoms with Crippen LogP contribution in [0.5, 0.6) is 0 Å². The lowest BCUT2D eigenvalue weighted by atomic mass is 10.1. The summed E-state index contributed by atoms with van der Waals surface area (Å²) < 4.78 is 6.30. The fraction of sp³-hybridized carbons (Fsp3) is 0.222. The van der Waals surface area contributed by atoms with E-state index in [9.17, 15) is 4.79 Å². The Balaban J connectivity index is 1.29. The summed E-state index contributed by atoms with van der Waals surface area (Å²) in [5.74, 6) is 0.743. The maximum absolute atomic E-state index is 12.9. The van der Waals surface area contributed by atoms with Crippen LogP contribution in [0.4, 0.5) is 0 Å². The Morgan fingerprint density at radius 1 is 1.29 bits per heavy atom. The standard InChI is InChI=1S/C18H15BrN6O2S/c19-12-5-3-11(4-6-12)17-21-16(27-23-17)9-24-18(26)14-8-13(15-2-1-7-28-15)22-25(14)10-20-24/h1-7,10,13-14,22H,8-9H2. The largest absolute Gasteiger partial charge is 0.337 e. The predicted octanol–water partition coefficient (Wildman–Crippen LogP) is 3.17. The lowest BCUT2D eigenvalue weighted by Gasteiger charge is -2.29. The number of hydrazone groups is 1. The number of thiophene rings is 1. The van der Waals surface area contributed by atoms with Gasteiger partial charge in [-0.25, -0.2) is 10.4 Å². The number of hydrogen-bond acceptors (Lipinski definition) is 8. The molecule has 1 saturated heterocycles. The number of hydrazine groups is 1. The SMILES string of the molecule is O=C1C2CC(c3cccs3)NN2C=NN1Cc1nc(-c2ccc(Br)cc2)no1. The molecule has 28 heavy (non-hydrogen) atoms. The molecular weight excluding hydrogens is 444 g/mol. The van der Waals surface area contributed by atoms with Gasteiger partial charge in [-0.2, -0.15) is 10.1 Å². The molecule has 0 radical (unpaired) electrons. The number of rotatable bonds is 4. The summed E-state index contributed by atoms with van der Waals surface area (Å²) in [6.07, 6.45) is 2.33. The van der Waals surface area contributed by atoms with E-state index < -0.39 is 0 Å². The molecule has 1 amide bonds. The van der Waals surface area contributed by atoms with Gasteiger partial charge in [0, 0.05) is 21.3 Å². The van der Waals surface area contributed by atoms with Crippen molar-refractivity contribution in [3.63, 3.8) is 0 Å². The molecule has 10 heteroatoms. The summed E-state index contributed by atoms with van der Waals surface area (Å²) in [4.78, 5) is 18.5. The summed E-state index contributed by atoms with van der Waals surface area (Å²) >= 11 is 5.08. The number of halogens is 1. The maximum Gasteiger partial charge on any atom is 0.267 e. The minimum atomic E-state index is -0.293. The normalized spacial score (nSPS) is 21.4. The molecule has 142 valence electrons. The van der Waals surface area contributed by atoms with Gasteiger partial charge >= 0.3 is 0 Å². The van der Waals surface area contributed by atoms with Crippen molar-refractivity contribution < 1.29 is 9.32 Å². The topological polar surface area (TPSA) is 86.9 Å². The number of benzene rings is 1. The van der Waals surface area contributed by atoms with Crippen molar-refractivity contribution >= 4 is 39.5 Å². The van der Waals surface area contributed by atoms with Crippen LogP contribution in [-0.2, 0) is 11.3 Å². The first-order valence-electron chi connectivity index (χ1n) is 8.69. The molecule has 0 aliphatic carbocycles. The van der Waals surface area contributed by atoms with Crippen LogP contribution in [0.15, 0.2) is 55.9 Å². The van der Waals surface area contributed by atoms with Crippen molar-refractivity contribution in [1.29, 1.82) is 0 Å². The van der Waals surface area contributed by atoms with E-state index in [-0.39, 0.29) is 24.5 Å². The van der Waals surface area contributed by atoms with Gasteiger partial charge in [0.2, 0.25) is 11.7 Å². The van der Waals surface area contributed by atoms with Crippen LogP contribution in [0.3, 0.4) is 0 Å². The molecule has 1 aromatic carbocycles. The van der Waals surface area contributed by atoms with Crippen LogP contribution in [0.2, 0.25) is 0 Å². The van der Waals surface area contributed by atoms with Crippen LogP contribution in [0.25, 0.3) is 11.4 Å². The molecule has 2 atom stereocenters. The van der Waals surface area contributed by atoms with E-state index in [1.165, 1.54) is 9.89 Å². The number of fused-ring (bicyclic) bond motifs is 1. The Bertz CT molecular complexity index is 1020. The molecule has 0 bridgehead atoms. The number of nitrogens with zero attached hydrogens (tertiary/aromatic N) is 5. The van der Waals surface area contributed by atoms with E-state index in [0.717, 1.165) is 10.0 Å². The zero-order chi connectivity index (χ0) is 19.1. The summed E-state index contributed by atoms with van der Waals surface area (Å²) in [5.41, 5.74) is 4.18. The smallest absolute Gasteiger partial charge is 0.267 e. The zero-order valence-electron chi connectivity index (χ0n) is 14.5. The van der Waals surface area contributed by atoms with Crippen molar-refractivity contribution in [2.45, 2.75) is 25.0 Å². The van der Waals surface area contributed by atoms with Crippen LogP contribution >= 0.6 is 27.3 Å². The average molecular weight is 459 g/mol. The lowest BCUT2D eigenvalue weighted by Crippen LogP contribution is -2.50. The highest BCUT2D eigenvalue weighted by atomic mass is 79.9. The van der Waals surface area contributed by atoms with Gasteiger partial charge in [0.15, 0.2) is 0 Å². The quantitative estimate of drug-likeness (QED) is 0.645. The van der Waals surface area contributed by atoms with E-state index >= 15 is 0 Å². The fourth-order valence-electron chi connectivity index (χ4n) is 3.29. The lowest BCUT2D eigenvalue weighted by molar-refractivity contribution is -0.137. The van der Waals surface area contributed by atoms with Gasteiger partial charge in [-0.3, -0.25) is 9.80 Å². The first-order chi connectivity index (χ1) is 13.7. The number of hydrogen-bond donors (Lipinski definition) is 1. The molecule has 0 spiro atoms. The summed E-state index contributed by atoms with van der Waals surface area (Å²) in [6.45, 7) is 0.146. The molecule has 2 unspecified atom stereocenters. The minimum Gasteiger partial charge on any atom is -0.337 e. The predicted molar refractivity (Wildman–Crippen MR) is 107 cm³/mol. The van der Waals surface area contributed by atoms with Gasteiger partial charge in [0.05, 0.1) is 6.04 Å². The molecule has 2 aliphatic rings. The maximum atomic E-state index is 12.9. The summed E-state index contributed by atoms with van der Waals surface area (Å²) in [7, 11) is 0. The van der Waals surface area contributed by atoms with Gasteiger partial charge in [-0.05, 0) is 35.7 Å². The van der Waals surface area contributed by atoms with Crippen molar-refractivity contribution in [1.82, 2.24) is 25.6 Å². The average Bonchev–Trinajstić information content (AvgIpc) is 3.45. The van der Waals surface area contributed by atoms with Gasteiger partial charge < -0.3 is 4.52 Å². The first-order valence-corrected chi connectivity index (χ1v) is 10.4.